The molecule has 0 bridgehead atoms. The molecule has 1 aromatic carbocycles. The Balaban J connectivity index is 0.00000776. The van der Waals surface area contributed by atoms with Crippen molar-refractivity contribution in [1.29, 1.82) is 0 Å². The molecule has 25 N–H and O–H groups in total. The first kappa shape index (κ1) is 81.0. The summed E-state index contributed by atoms with van der Waals surface area (Å²) in [6.45, 7) is 8.87. The highest BCUT2D eigenvalue weighted by Gasteiger charge is 2.38. The molecular weight excluding hydrogens is 1200 g/mol. The summed E-state index contributed by atoms with van der Waals surface area (Å²) in [5, 5.41) is 49.7. The van der Waals surface area contributed by atoms with Crippen LogP contribution in [0.4, 0.5) is 0 Å². The Kier molecular flexibility index (Phi) is 38.6. The molecule has 1 aliphatic rings. The Labute approximate surface area is 525 Å². The van der Waals surface area contributed by atoms with Gasteiger partial charge in [-0.25, -0.2) is 0 Å². The van der Waals surface area contributed by atoms with Gasteiger partial charge in [-0.1, -0.05) is 83.7 Å². The van der Waals surface area contributed by atoms with Crippen molar-refractivity contribution in [3.63, 3.8) is 0 Å². The molecule has 1 heterocycles. The molecule has 14 atom stereocenters. The number of amides is 11. The molecule has 512 valence electrons. The lowest BCUT2D eigenvalue weighted by atomic mass is 9.96. The van der Waals surface area contributed by atoms with Gasteiger partial charge >= 0.3 is 10.4 Å². The number of carbonyl (C=O) groups excluding carboxylic acids is 11. The van der Waals surface area contributed by atoms with Crippen molar-refractivity contribution in [2.45, 2.75) is 198 Å². The normalized spacial score (nSPS) is 22.6. The highest BCUT2D eigenvalue weighted by atomic mass is 32.3. The molecule has 1 fully saturated rings. The molecule has 2 rings (SSSR count). The number of nitrogens with one attached hydrogen (secondary N) is 11. The quantitative estimate of drug-likeness (QED) is 0.0262. The number of hydrogen-bond donors (Lipinski definition) is 20. The number of benzene rings is 1. The van der Waals surface area contributed by atoms with E-state index in [-0.39, 0.29) is 77.7 Å². The minimum absolute atomic E-state index is 0.0173. The van der Waals surface area contributed by atoms with Gasteiger partial charge in [-0.2, -0.15) is 8.42 Å². The smallest absolute Gasteiger partial charge is 0.391 e. The fourth-order valence-electron chi connectivity index (χ4n) is 9.09. The van der Waals surface area contributed by atoms with Crippen molar-refractivity contribution in [3.05, 3.63) is 35.9 Å². The molecule has 0 aliphatic carbocycles. The van der Waals surface area contributed by atoms with Crippen molar-refractivity contribution < 1.29 is 80.5 Å². The molecule has 0 unspecified atom stereocenters. The lowest BCUT2D eigenvalue weighted by Crippen LogP contribution is -2.62. The maximum absolute atomic E-state index is 14.5. The van der Waals surface area contributed by atoms with Crippen LogP contribution in [0.2, 0.25) is 0 Å². The molecule has 33 nitrogen and oxygen atoms in total. The van der Waals surface area contributed by atoms with Crippen LogP contribution in [0.5, 0.6) is 0 Å². The van der Waals surface area contributed by atoms with Crippen molar-refractivity contribution in [3.8, 4) is 0 Å². The zero-order valence-electron chi connectivity index (χ0n) is 52.3. The fourth-order valence-corrected chi connectivity index (χ4v) is 9.09. The number of hydrogen-bond acceptors (Lipinski definition) is 20. The highest BCUT2D eigenvalue weighted by Crippen LogP contribution is 2.14. The van der Waals surface area contributed by atoms with E-state index in [2.05, 4.69) is 72.3 Å². The third-order valence-corrected chi connectivity index (χ3v) is 14.7. The third-order valence-electron chi connectivity index (χ3n) is 14.7. The van der Waals surface area contributed by atoms with Crippen LogP contribution in [0.1, 0.15) is 124 Å². The molecule has 0 aromatic heterocycles. The Morgan fingerprint density at radius 3 is 1.53 bits per heavy atom. The van der Waals surface area contributed by atoms with Crippen LogP contribution >= 0.6 is 0 Å². The second kappa shape index (κ2) is 42.9. The maximum Gasteiger partial charge on any atom is 0.394 e. The first-order chi connectivity index (χ1) is 42.4. The average molecular weight is 1300 g/mol. The summed E-state index contributed by atoms with van der Waals surface area (Å²) in [6.07, 6.45) is -0.756. The number of aliphatic hydroxyl groups excluding tert-OH is 2. The van der Waals surface area contributed by atoms with E-state index >= 15 is 0 Å². The van der Waals surface area contributed by atoms with Crippen LogP contribution in [0.25, 0.3) is 0 Å². The van der Waals surface area contributed by atoms with Gasteiger partial charge < -0.3 is 97.4 Å². The van der Waals surface area contributed by atoms with Crippen LogP contribution in [0.15, 0.2) is 30.3 Å². The molecule has 1 aliphatic heterocycles. The summed E-state index contributed by atoms with van der Waals surface area (Å²) in [4.78, 5) is 154. The van der Waals surface area contributed by atoms with Gasteiger partial charge in [-0.05, 0) is 109 Å². The first-order valence-electron chi connectivity index (χ1n) is 30.3. The van der Waals surface area contributed by atoms with Crippen LogP contribution in [0, 0.1) is 11.8 Å². The summed E-state index contributed by atoms with van der Waals surface area (Å²) >= 11 is 0. The van der Waals surface area contributed by atoms with Crippen LogP contribution in [0.3, 0.4) is 0 Å². The molecular formula is C56H100N16O17S. The zero-order valence-corrected chi connectivity index (χ0v) is 53.1. The van der Waals surface area contributed by atoms with Gasteiger partial charge in [-0.3, -0.25) is 61.8 Å². The van der Waals surface area contributed by atoms with Crippen molar-refractivity contribution in [2.75, 3.05) is 39.3 Å². The SMILES string of the molecule is CC[C@H](C)CCCCC(=O)N[C@@H](CCN)C(=O)N[C@H](C(=O)N[C@@H](CCN)C(=O)N[C@H]1CCNC(=O)[C@H]([C@@H](C)O)NC(=O)[C@H](CCN)NC(=O)[C@H](CCN)NC(=O)[C@H]([C@@H](C)CC)NC(=O)[C@@H](Cc2ccccc2)NC(=O)[C@H](CCN)NC1=O)[C@@H](C)O.O=S(=O)(O)O. The van der Waals surface area contributed by atoms with E-state index in [4.69, 9.17) is 46.2 Å². The second-order valence-electron chi connectivity index (χ2n) is 22.2. The molecule has 34 heteroatoms. The van der Waals surface area contributed by atoms with E-state index in [0.29, 0.717) is 24.3 Å². The Bertz CT molecular complexity index is 2570. The lowest BCUT2D eigenvalue weighted by molar-refractivity contribution is -0.137. The minimum Gasteiger partial charge on any atom is -0.391 e. The molecule has 0 saturated carbocycles. The molecule has 90 heavy (non-hydrogen) atoms. The van der Waals surface area contributed by atoms with Gasteiger partial charge in [0.25, 0.3) is 0 Å². The van der Waals surface area contributed by atoms with Crippen LogP contribution in [-0.2, 0) is 69.6 Å². The topological polar surface area (TPSA) is 565 Å². The van der Waals surface area contributed by atoms with Gasteiger partial charge in [0.05, 0.1) is 12.2 Å². The standard InChI is InChI=1S/C56H98N16O13.H2O4S/c1-7-31(3)14-12-13-17-43(75)63-36(18-24-57)51(80)72-46(34(6)74)56(85)68-39(21-27-60)48(77)66-41-23-29-62-54(83)45(33(5)73)71-52(81)40(22-28-61)65-47(76)38(20-26-59)67-55(84)44(32(4)8-2)70-53(82)42(30-35-15-10-9-11-16-35)69-49(78)37(19-25-58)64-50(41)79;1-5(2,3)4/h9-11,15-16,31-34,36-42,44-46,73-74H,7-8,12-14,17-30,57-61H2,1-6H3,(H,62,83)(H,63,75)(H,64,79)(H,65,76)(H,66,77)(H,67,84)(H,68,85)(H,69,78)(H,70,82)(H,71,81)(H,72,80);(H2,1,2,3,4)/t31-,32-,33+,34+,36-,37-,38-,39-,40-,41-,42+,44-,45-,46-;/m0./s1. The number of aliphatic hydroxyl groups is 2. The Morgan fingerprint density at radius 2 is 1.04 bits per heavy atom. The number of unbranched alkanes of at least 4 members (excludes halogenated alkanes) is 1. The van der Waals surface area contributed by atoms with Crippen molar-refractivity contribution >= 4 is 75.4 Å². The predicted molar refractivity (Wildman–Crippen MR) is 330 cm³/mol. The first-order valence-corrected chi connectivity index (χ1v) is 31.7. The van der Waals surface area contributed by atoms with E-state index in [1.165, 1.54) is 13.8 Å². The Morgan fingerprint density at radius 1 is 0.567 bits per heavy atom. The predicted octanol–water partition coefficient (Wildman–Crippen LogP) is -5.90. The number of rotatable bonds is 29. The van der Waals surface area contributed by atoms with Gasteiger partial charge in [0, 0.05) is 19.4 Å². The van der Waals surface area contributed by atoms with Gasteiger partial charge in [0.1, 0.15) is 60.4 Å². The fraction of sp³-hybridized carbons (Fsp3) is 0.696. The van der Waals surface area contributed by atoms with Gasteiger partial charge in [-0.15, -0.1) is 0 Å². The van der Waals surface area contributed by atoms with Gasteiger partial charge in [0.15, 0.2) is 0 Å². The summed E-state index contributed by atoms with van der Waals surface area (Å²) < 4.78 is 31.6. The van der Waals surface area contributed by atoms with Gasteiger partial charge in [0.2, 0.25) is 65.0 Å². The number of carbonyl (C=O) groups is 11. The summed E-state index contributed by atoms with van der Waals surface area (Å²) in [5.74, 6) is -9.81. The third kappa shape index (κ3) is 31.1. The average Bonchev–Trinajstić information content (AvgIpc) is 2.24. The molecule has 1 saturated heterocycles. The molecule has 0 radical (unpaired) electrons. The highest BCUT2D eigenvalue weighted by molar-refractivity contribution is 7.79. The van der Waals surface area contributed by atoms with E-state index in [9.17, 15) is 63.0 Å². The summed E-state index contributed by atoms with van der Waals surface area (Å²) in [6, 6.07) is -6.25. The second-order valence-corrected chi connectivity index (χ2v) is 23.1. The minimum atomic E-state index is -4.67. The monoisotopic (exact) mass is 1300 g/mol. The largest absolute Gasteiger partial charge is 0.394 e. The van der Waals surface area contributed by atoms with E-state index in [1.54, 1.807) is 44.2 Å². The summed E-state index contributed by atoms with van der Waals surface area (Å²) in [7, 11) is -4.67. The molecule has 1 aromatic rings. The maximum atomic E-state index is 14.5. The lowest BCUT2D eigenvalue weighted by Gasteiger charge is -2.30. The van der Waals surface area contributed by atoms with Crippen LogP contribution in [-0.4, -0.2) is 205 Å². The van der Waals surface area contributed by atoms with E-state index < -0.39 is 167 Å². The van der Waals surface area contributed by atoms with Crippen molar-refractivity contribution in [2.24, 2.45) is 40.5 Å². The van der Waals surface area contributed by atoms with Crippen LogP contribution < -0.4 is 87.2 Å². The summed E-state index contributed by atoms with van der Waals surface area (Å²) in [5.41, 5.74) is 29.9. The Hall–Kier alpha value is -7.02. The molecule has 11 amide bonds. The van der Waals surface area contributed by atoms with Crippen molar-refractivity contribution in [1.82, 2.24) is 58.5 Å². The van der Waals surface area contributed by atoms with E-state index in [0.717, 1.165) is 19.3 Å². The number of nitrogens with two attached hydrogens (primary N) is 5. The molecule has 0 spiro atoms. The zero-order chi connectivity index (χ0) is 68.3. The van der Waals surface area contributed by atoms with E-state index in [1.807, 2.05) is 0 Å².